The third-order valence-electron chi connectivity index (χ3n) is 2.83. The first-order valence-corrected chi connectivity index (χ1v) is 7.04. The van der Waals surface area contributed by atoms with Gasteiger partial charge in [0.15, 0.2) is 0 Å². The number of halogens is 1. The number of fused-ring (bicyclic) bond motifs is 1. The Bertz CT molecular complexity index is 725. The number of hydrogen-bond acceptors (Lipinski definition) is 3. The molecule has 0 aliphatic rings. The Balaban J connectivity index is 2.19. The summed E-state index contributed by atoms with van der Waals surface area (Å²) in [6, 6.07) is 7.93. The quantitative estimate of drug-likeness (QED) is 0.676. The topological polar surface area (TPSA) is 34.9 Å². The molecule has 3 aromatic rings. The molecule has 18 heavy (non-hydrogen) atoms. The van der Waals surface area contributed by atoms with Crippen LogP contribution in [-0.4, -0.2) is 15.6 Å². The number of thiophene rings is 1. The van der Waals surface area contributed by atoms with E-state index in [1.165, 1.54) is 0 Å². The molecule has 0 saturated heterocycles. The first kappa shape index (κ1) is 11.6. The molecule has 0 saturated carbocycles. The summed E-state index contributed by atoms with van der Waals surface area (Å²) in [5.74, 6) is -0.000625. The molecule has 0 aliphatic carbocycles. The molecule has 2 heterocycles. The van der Waals surface area contributed by atoms with Gasteiger partial charge in [-0.2, -0.15) is 5.10 Å². The smallest absolute Gasteiger partial charge is 0.213 e. The minimum Gasteiger partial charge on any atom is -0.287 e. The first-order valence-electron chi connectivity index (χ1n) is 5.37. The maximum absolute atomic E-state index is 12.5. The van der Waals surface area contributed by atoms with E-state index in [2.05, 4.69) is 21.0 Å². The molecule has 0 fully saturated rings. The lowest BCUT2D eigenvalue weighted by molar-refractivity contribution is 0.103. The molecule has 0 aliphatic heterocycles. The standard InChI is InChI=1S/C13H9BrN2OS/c1-16-12(10(14)6-15-16)13(17)9-7-18-11-5-3-2-4-8(9)11/h2-7H,1H3. The van der Waals surface area contributed by atoms with Gasteiger partial charge in [0, 0.05) is 28.1 Å². The second-order valence-corrected chi connectivity index (χ2v) is 5.70. The van der Waals surface area contributed by atoms with Gasteiger partial charge in [-0.25, -0.2) is 0 Å². The molecule has 0 radical (unpaired) electrons. The summed E-state index contributed by atoms with van der Waals surface area (Å²) in [4.78, 5) is 12.5. The number of hydrogen-bond donors (Lipinski definition) is 0. The van der Waals surface area contributed by atoms with Crippen molar-refractivity contribution in [3.05, 3.63) is 51.6 Å². The maximum atomic E-state index is 12.5. The van der Waals surface area contributed by atoms with Crippen molar-refractivity contribution in [2.24, 2.45) is 7.05 Å². The van der Waals surface area contributed by atoms with E-state index < -0.39 is 0 Å². The molecule has 0 unspecified atom stereocenters. The highest BCUT2D eigenvalue weighted by Crippen LogP contribution is 2.29. The van der Waals surface area contributed by atoms with Crippen LogP contribution in [0.15, 0.2) is 40.3 Å². The molecule has 2 aromatic heterocycles. The molecule has 0 spiro atoms. The van der Waals surface area contributed by atoms with E-state index in [4.69, 9.17) is 0 Å². The van der Waals surface area contributed by atoms with Gasteiger partial charge in [0.25, 0.3) is 0 Å². The van der Waals surface area contributed by atoms with E-state index in [0.717, 1.165) is 20.1 Å². The molecule has 90 valence electrons. The Kier molecular flexibility index (Phi) is 2.80. The Labute approximate surface area is 116 Å². The van der Waals surface area contributed by atoms with Crippen LogP contribution in [-0.2, 0) is 7.05 Å². The monoisotopic (exact) mass is 320 g/mol. The van der Waals surface area contributed by atoms with Crippen molar-refractivity contribution in [1.29, 1.82) is 0 Å². The van der Waals surface area contributed by atoms with Gasteiger partial charge in [-0.3, -0.25) is 9.48 Å². The summed E-state index contributed by atoms with van der Waals surface area (Å²) in [7, 11) is 1.77. The van der Waals surface area contributed by atoms with E-state index in [1.807, 2.05) is 29.6 Å². The fourth-order valence-corrected chi connectivity index (χ4v) is 3.42. The molecular weight excluding hydrogens is 312 g/mol. The lowest BCUT2D eigenvalue weighted by atomic mass is 10.1. The fraction of sp³-hybridized carbons (Fsp3) is 0.0769. The van der Waals surface area contributed by atoms with Crippen LogP contribution in [0, 0.1) is 0 Å². The average Bonchev–Trinajstić information content (AvgIpc) is 2.93. The van der Waals surface area contributed by atoms with Gasteiger partial charge in [-0.1, -0.05) is 18.2 Å². The van der Waals surface area contributed by atoms with Crippen LogP contribution in [0.5, 0.6) is 0 Å². The first-order chi connectivity index (χ1) is 8.68. The summed E-state index contributed by atoms with van der Waals surface area (Å²) in [6.45, 7) is 0. The summed E-state index contributed by atoms with van der Waals surface area (Å²) in [5, 5.41) is 6.99. The Morgan fingerprint density at radius 2 is 2.17 bits per heavy atom. The summed E-state index contributed by atoms with van der Waals surface area (Å²) in [5.41, 5.74) is 1.32. The van der Waals surface area contributed by atoms with E-state index in [9.17, 15) is 4.79 Å². The highest BCUT2D eigenvalue weighted by atomic mass is 79.9. The summed E-state index contributed by atoms with van der Waals surface area (Å²) < 4.78 is 3.45. The molecule has 3 nitrogen and oxygen atoms in total. The molecule has 0 N–H and O–H groups in total. The lowest BCUT2D eigenvalue weighted by Crippen LogP contribution is -2.08. The van der Waals surface area contributed by atoms with E-state index in [1.54, 1.807) is 29.3 Å². The van der Waals surface area contributed by atoms with Crippen LogP contribution < -0.4 is 0 Å². The van der Waals surface area contributed by atoms with Gasteiger partial charge < -0.3 is 0 Å². The second-order valence-electron chi connectivity index (χ2n) is 3.94. The molecule has 1 aromatic carbocycles. The summed E-state index contributed by atoms with van der Waals surface area (Å²) in [6.07, 6.45) is 1.64. The van der Waals surface area contributed by atoms with Crippen molar-refractivity contribution in [1.82, 2.24) is 9.78 Å². The third kappa shape index (κ3) is 1.71. The summed E-state index contributed by atoms with van der Waals surface area (Å²) >= 11 is 4.95. The van der Waals surface area contributed by atoms with Crippen LogP contribution in [0.1, 0.15) is 16.1 Å². The van der Waals surface area contributed by atoms with Crippen LogP contribution in [0.2, 0.25) is 0 Å². The van der Waals surface area contributed by atoms with Gasteiger partial charge in [0.1, 0.15) is 5.69 Å². The normalized spacial score (nSPS) is 11.0. The largest absolute Gasteiger partial charge is 0.287 e. The lowest BCUT2D eigenvalue weighted by Gasteiger charge is -2.01. The molecule has 5 heteroatoms. The van der Waals surface area contributed by atoms with Crippen LogP contribution >= 0.6 is 27.3 Å². The van der Waals surface area contributed by atoms with Crippen LogP contribution in [0.4, 0.5) is 0 Å². The maximum Gasteiger partial charge on any atom is 0.213 e. The SMILES string of the molecule is Cn1ncc(Br)c1C(=O)c1csc2ccccc12. The second kappa shape index (κ2) is 4.33. The molecule has 0 bridgehead atoms. The minimum atomic E-state index is -0.000625. The number of ketones is 1. The number of carbonyl (C=O) groups excluding carboxylic acids is 1. The highest BCUT2D eigenvalue weighted by molar-refractivity contribution is 9.10. The van der Waals surface area contributed by atoms with Crippen molar-refractivity contribution in [3.63, 3.8) is 0 Å². The predicted octanol–water partition coefficient (Wildman–Crippen LogP) is 3.63. The van der Waals surface area contributed by atoms with Gasteiger partial charge in [-0.15, -0.1) is 11.3 Å². The zero-order chi connectivity index (χ0) is 12.7. The fourth-order valence-electron chi connectivity index (χ4n) is 1.95. The Morgan fingerprint density at radius 3 is 2.89 bits per heavy atom. The van der Waals surface area contributed by atoms with Crippen molar-refractivity contribution in [3.8, 4) is 0 Å². The third-order valence-corrected chi connectivity index (χ3v) is 4.38. The number of carbonyl (C=O) groups is 1. The Hall–Kier alpha value is -1.46. The number of nitrogens with zero attached hydrogens (tertiary/aromatic N) is 2. The molecule has 0 atom stereocenters. The van der Waals surface area contributed by atoms with Crippen molar-refractivity contribution < 1.29 is 4.79 Å². The zero-order valence-corrected chi connectivity index (χ0v) is 12.0. The zero-order valence-electron chi connectivity index (χ0n) is 9.55. The van der Waals surface area contributed by atoms with Gasteiger partial charge in [0.05, 0.1) is 10.7 Å². The van der Waals surface area contributed by atoms with Crippen molar-refractivity contribution in [2.45, 2.75) is 0 Å². The van der Waals surface area contributed by atoms with Gasteiger partial charge in [-0.05, 0) is 22.0 Å². The predicted molar refractivity (Wildman–Crippen MR) is 76.2 cm³/mol. The molecular formula is C13H9BrN2OS. The minimum absolute atomic E-state index is 0.000625. The van der Waals surface area contributed by atoms with Gasteiger partial charge >= 0.3 is 0 Å². The van der Waals surface area contributed by atoms with Gasteiger partial charge in [0.2, 0.25) is 5.78 Å². The van der Waals surface area contributed by atoms with Crippen molar-refractivity contribution >= 4 is 43.1 Å². The number of benzene rings is 1. The number of aromatic nitrogens is 2. The van der Waals surface area contributed by atoms with Crippen molar-refractivity contribution in [2.75, 3.05) is 0 Å². The molecule has 0 amide bonds. The Morgan fingerprint density at radius 1 is 1.39 bits per heavy atom. The van der Waals surface area contributed by atoms with Crippen LogP contribution in [0.25, 0.3) is 10.1 Å². The molecule has 3 rings (SSSR count). The number of rotatable bonds is 2. The average molecular weight is 321 g/mol. The van der Waals surface area contributed by atoms with E-state index in [-0.39, 0.29) is 5.78 Å². The highest BCUT2D eigenvalue weighted by Gasteiger charge is 2.20. The van der Waals surface area contributed by atoms with E-state index in [0.29, 0.717) is 5.69 Å². The van der Waals surface area contributed by atoms with E-state index >= 15 is 0 Å². The van der Waals surface area contributed by atoms with Crippen LogP contribution in [0.3, 0.4) is 0 Å². The number of aryl methyl sites for hydroxylation is 1.